The van der Waals surface area contributed by atoms with Crippen LogP contribution in [0.25, 0.3) is 5.69 Å². The minimum Gasteiger partial charge on any atom is -0.480 e. The molecule has 0 radical (unpaired) electrons. The van der Waals surface area contributed by atoms with E-state index in [-0.39, 0.29) is 23.8 Å². The molecule has 0 aliphatic heterocycles. The van der Waals surface area contributed by atoms with Crippen molar-refractivity contribution in [3.63, 3.8) is 0 Å². The number of alkyl halides is 2. The van der Waals surface area contributed by atoms with Crippen LogP contribution in [-0.2, 0) is 4.79 Å². The number of nitrogens with one attached hydrogen (secondary N) is 1. The van der Waals surface area contributed by atoms with Gasteiger partial charge >= 0.3 is 12.6 Å². The molecule has 0 aliphatic carbocycles. The fourth-order valence-electron chi connectivity index (χ4n) is 2.47. The second-order valence-corrected chi connectivity index (χ2v) is 6.30. The summed E-state index contributed by atoms with van der Waals surface area (Å²) < 4.78 is 30.0. The van der Waals surface area contributed by atoms with E-state index in [2.05, 4.69) is 20.4 Å². The van der Waals surface area contributed by atoms with E-state index in [1.54, 1.807) is 6.92 Å². The highest BCUT2D eigenvalue weighted by molar-refractivity contribution is 5.95. The van der Waals surface area contributed by atoms with Gasteiger partial charge in [-0.1, -0.05) is 19.1 Å². The lowest BCUT2D eigenvalue weighted by Gasteiger charge is -2.15. The van der Waals surface area contributed by atoms with Crippen molar-refractivity contribution in [3.05, 3.63) is 35.7 Å². The Labute approximate surface area is 154 Å². The molecule has 2 aromatic rings. The van der Waals surface area contributed by atoms with E-state index >= 15 is 0 Å². The summed E-state index contributed by atoms with van der Waals surface area (Å²) in [5.41, 5.74) is 0.847. The van der Waals surface area contributed by atoms with Crippen molar-refractivity contribution < 1.29 is 28.2 Å². The largest absolute Gasteiger partial charge is 0.480 e. The van der Waals surface area contributed by atoms with E-state index in [9.17, 15) is 23.5 Å². The van der Waals surface area contributed by atoms with E-state index in [1.165, 1.54) is 28.9 Å². The lowest BCUT2D eigenvalue weighted by molar-refractivity contribution is -0.139. The number of aromatic nitrogens is 3. The van der Waals surface area contributed by atoms with Crippen molar-refractivity contribution in [2.45, 2.75) is 39.8 Å². The molecular formula is C17H20F2N4O4. The standard InChI is InChI=1S/C17H20F2N4O4/c1-9(2)8-13(16(25)26)20-15(24)14-10(3)23(22-21-14)11-4-6-12(7-5-11)27-17(18)19/h4-7,9,13,17H,8H2,1-3H3,(H,20,24)(H,25,26)/t13-/m0/s1. The third kappa shape index (κ3) is 5.22. The van der Waals surface area contributed by atoms with Crippen LogP contribution >= 0.6 is 0 Å². The molecule has 1 heterocycles. The Morgan fingerprint density at radius 1 is 1.26 bits per heavy atom. The van der Waals surface area contributed by atoms with Crippen molar-refractivity contribution in [2.75, 3.05) is 0 Å². The molecule has 0 fully saturated rings. The topological polar surface area (TPSA) is 106 Å². The summed E-state index contributed by atoms with van der Waals surface area (Å²) in [5, 5.41) is 19.4. The molecule has 10 heteroatoms. The Morgan fingerprint density at radius 2 is 1.89 bits per heavy atom. The Hall–Kier alpha value is -3.04. The number of amides is 1. The first kappa shape index (κ1) is 20.3. The number of carboxylic acids is 1. The number of hydrogen-bond donors (Lipinski definition) is 2. The van der Waals surface area contributed by atoms with Gasteiger partial charge in [-0.2, -0.15) is 8.78 Å². The maximum absolute atomic E-state index is 12.4. The predicted octanol–water partition coefficient (Wildman–Crippen LogP) is 2.41. The third-order valence-electron chi connectivity index (χ3n) is 3.73. The zero-order valence-electron chi connectivity index (χ0n) is 15.0. The molecule has 2 rings (SSSR count). The number of hydrogen-bond acceptors (Lipinski definition) is 5. The zero-order chi connectivity index (χ0) is 20.1. The molecule has 1 aromatic heterocycles. The minimum atomic E-state index is -2.92. The molecular weight excluding hydrogens is 362 g/mol. The Bertz CT molecular complexity index is 806. The van der Waals surface area contributed by atoms with Gasteiger partial charge in [-0.05, 0) is 43.5 Å². The van der Waals surface area contributed by atoms with Crippen LogP contribution in [0.4, 0.5) is 8.78 Å². The highest BCUT2D eigenvalue weighted by atomic mass is 19.3. The monoisotopic (exact) mass is 382 g/mol. The van der Waals surface area contributed by atoms with E-state index in [4.69, 9.17) is 0 Å². The van der Waals surface area contributed by atoms with Gasteiger partial charge in [0.2, 0.25) is 0 Å². The predicted molar refractivity (Wildman–Crippen MR) is 91.1 cm³/mol. The van der Waals surface area contributed by atoms with Crippen LogP contribution in [0.15, 0.2) is 24.3 Å². The Kier molecular flexibility index (Phi) is 6.43. The molecule has 146 valence electrons. The fraction of sp³-hybridized carbons (Fsp3) is 0.412. The molecule has 0 aliphatic rings. The molecule has 0 spiro atoms. The van der Waals surface area contributed by atoms with Crippen LogP contribution in [0.2, 0.25) is 0 Å². The second-order valence-electron chi connectivity index (χ2n) is 6.30. The summed E-state index contributed by atoms with van der Waals surface area (Å²) in [4.78, 5) is 23.7. The molecule has 0 bridgehead atoms. The van der Waals surface area contributed by atoms with Gasteiger partial charge in [0.25, 0.3) is 5.91 Å². The first-order valence-electron chi connectivity index (χ1n) is 8.20. The number of carbonyl (C=O) groups excluding carboxylic acids is 1. The van der Waals surface area contributed by atoms with E-state index < -0.39 is 24.5 Å². The number of halogens is 2. The van der Waals surface area contributed by atoms with Gasteiger partial charge in [0.05, 0.1) is 11.4 Å². The minimum absolute atomic E-state index is 0.0116. The average Bonchev–Trinajstić information content (AvgIpc) is 2.95. The first-order chi connectivity index (χ1) is 12.7. The molecule has 0 saturated heterocycles. The smallest absolute Gasteiger partial charge is 0.387 e. The molecule has 2 N–H and O–H groups in total. The Morgan fingerprint density at radius 3 is 2.41 bits per heavy atom. The van der Waals surface area contributed by atoms with Crippen molar-refractivity contribution >= 4 is 11.9 Å². The molecule has 8 nitrogen and oxygen atoms in total. The number of rotatable bonds is 8. The highest BCUT2D eigenvalue weighted by Gasteiger charge is 2.25. The number of aliphatic carboxylic acids is 1. The van der Waals surface area contributed by atoms with Gasteiger partial charge in [-0.25, -0.2) is 9.48 Å². The lowest BCUT2D eigenvalue weighted by atomic mass is 10.0. The van der Waals surface area contributed by atoms with Gasteiger partial charge < -0.3 is 15.2 Å². The number of benzene rings is 1. The summed E-state index contributed by atoms with van der Waals surface area (Å²) >= 11 is 0. The van der Waals surface area contributed by atoms with Crippen LogP contribution in [0.1, 0.15) is 36.5 Å². The number of ether oxygens (including phenoxy) is 1. The van der Waals surface area contributed by atoms with Gasteiger partial charge in [0, 0.05) is 0 Å². The molecule has 27 heavy (non-hydrogen) atoms. The average molecular weight is 382 g/mol. The molecule has 1 amide bonds. The molecule has 0 saturated carbocycles. The van der Waals surface area contributed by atoms with Crippen molar-refractivity contribution in [1.29, 1.82) is 0 Å². The summed E-state index contributed by atoms with van der Waals surface area (Å²) in [6.07, 6.45) is 0.278. The van der Waals surface area contributed by atoms with Crippen LogP contribution in [0.3, 0.4) is 0 Å². The normalized spacial score (nSPS) is 12.3. The van der Waals surface area contributed by atoms with Crippen LogP contribution in [0.5, 0.6) is 5.75 Å². The van der Waals surface area contributed by atoms with Gasteiger partial charge in [0.15, 0.2) is 5.69 Å². The summed E-state index contributed by atoms with van der Waals surface area (Å²) in [7, 11) is 0. The lowest BCUT2D eigenvalue weighted by Crippen LogP contribution is -2.42. The fourth-order valence-corrected chi connectivity index (χ4v) is 2.47. The van der Waals surface area contributed by atoms with Crippen LogP contribution in [0, 0.1) is 12.8 Å². The summed E-state index contributed by atoms with van der Waals surface area (Å²) in [6, 6.07) is 4.62. The van der Waals surface area contributed by atoms with Gasteiger partial charge in [-0.15, -0.1) is 5.10 Å². The second kappa shape index (κ2) is 8.56. The van der Waals surface area contributed by atoms with Gasteiger partial charge in [0.1, 0.15) is 11.8 Å². The third-order valence-corrected chi connectivity index (χ3v) is 3.73. The summed E-state index contributed by atoms with van der Waals surface area (Å²) in [5.74, 6) is -1.71. The van der Waals surface area contributed by atoms with Crippen molar-refractivity contribution in [1.82, 2.24) is 20.3 Å². The molecule has 1 atom stereocenters. The molecule has 0 unspecified atom stereocenters. The Balaban J connectivity index is 2.18. The SMILES string of the molecule is Cc1c(C(=O)N[C@@H](CC(C)C)C(=O)O)nnn1-c1ccc(OC(F)F)cc1. The number of carboxylic acid groups (broad SMARTS) is 1. The van der Waals surface area contributed by atoms with Crippen LogP contribution < -0.4 is 10.1 Å². The number of nitrogens with zero attached hydrogens (tertiary/aromatic N) is 3. The van der Waals surface area contributed by atoms with Crippen LogP contribution in [-0.4, -0.2) is 44.6 Å². The molecule has 1 aromatic carbocycles. The van der Waals surface area contributed by atoms with Crippen molar-refractivity contribution in [2.24, 2.45) is 5.92 Å². The highest BCUT2D eigenvalue weighted by Crippen LogP contribution is 2.19. The van der Waals surface area contributed by atoms with E-state index in [0.717, 1.165) is 0 Å². The summed E-state index contributed by atoms with van der Waals surface area (Å²) in [6.45, 7) is 2.37. The van der Waals surface area contributed by atoms with Gasteiger partial charge in [-0.3, -0.25) is 4.79 Å². The van der Waals surface area contributed by atoms with E-state index in [1.807, 2.05) is 13.8 Å². The first-order valence-corrected chi connectivity index (χ1v) is 8.20. The van der Waals surface area contributed by atoms with E-state index in [0.29, 0.717) is 11.4 Å². The van der Waals surface area contributed by atoms with Crippen molar-refractivity contribution in [3.8, 4) is 11.4 Å². The quantitative estimate of drug-likeness (QED) is 0.726. The number of carbonyl (C=O) groups is 2. The maximum atomic E-state index is 12.4. The maximum Gasteiger partial charge on any atom is 0.387 e. The zero-order valence-corrected chi connectivity index (χ0v) is 15.0.